The molecule has 0 aromatic carbocycles. The van der Waals surface area contributed by atoms with Crippen LogP contribution in [-0.2, 0) is 4.74 Å². The first-order valence-electron chi connectivity index (χ1n) is 5.93. The lowest BCUT2D eigenvalue weighted by atomic mass is 10.2. The van der Waals surface area contributed by atoms with Crippen LogP contribution in [0.4, 0.5) is 0 Å². The number of H-pyrrole nitrogens is 1. The van der Waals surface area contributed by atoms with E-state index in [1.54, 1.807) is 14.2 Å². The van der Waals surface area contributed by atoms with Crippen LogP contribution in [0.15, 0.2) is 6.20 Å². The first-order chi connectivity index (χ1) is 7.77. The van der Waals surface area contributed by atoms with Gasteiger partial charge in [0.1, 0.15) is 5.82 Å². The normalized spacial score (nSPS) is 18.2. The quantitative estimate of drug-likeness (QED) is 0.774. The van der Waals surface area contributed by atoms with Crippen LogP contribution in [0.25, 0.3) is 0 Å². The molecule has 1 aromatic heterocycles. The molecule has 16 heavy (non-hydrogen) atoms. The molecule has 1 saturated heterocycles. The number of methoxy groups -OCH3 is 1. The van der Waals surface area contributed by atoms with Gasteiger partial charge in [0.2, 0.25) is 0 Å². The van der Waals surface area contributed by atoms with Gasteiger partial charge in [0.25, 0.3) is 0 Å². The summed E-state index contributed by atoms with van der Waals surface area (Å²) < 4.78 is 4.25. The Bertz CT molecular complexity index is 255. The molecule has 1 aliphatic heterocycles. The number of ether oxygens (including phenoxy) is 1. The second-order valence-electron chi connectivity index (χ2n) is 3.51. The van der Waals surface area contributed by atoms with Crippen LogP contribution in [0.3, 0.4) is 0 Å². The number of nitrogens with one attached hydrogen (secondary N) is 2. The monoisotopic (exact) mass is 227 g/mol. The topological polar surface area (TPSA) is 49.9 Å². The molecule has 0 radical (unpaired) electrons. The van der Waals surface area contributed by atoms with Gasteiger partial charge in [0.15, 0.2) is 0 Å². The van der Waals surface area contributed by atoms with Crippen LogP contribution in [0.2, 0.25) is 0 Å². The molecule has 4 heteroatoms. The van der Waals surface area contributed by atoms with Crippen molar-refractivity contribution in [3.05, 3.63) is 17.7 Å². The molecule has 0 aliphatic carbocycles. The molecule has 2 N–H and O–H groups in total. The van der Waals surface area contributed by atoms with E-state index in [1.807, 2.05) is 27.0 Å². The molecule has 2 heterocycles. The number of aromatic nitrogens is 2. The number of imidazole rings is 1. The molecule has 0 amide bonds. The Balaban J connectivity index is 0.000000394. The largest absolute Gasteiger partial charge is 0.388 e. The highest BCUT2D eigenvalue weighted by atomic mass is 16.4. The van der Waals surface area contributed by atoms with Crippen molar-refractivity contribution < 1.29 is 4.74 Å². The summed E-state index contributed by atoms with van der Waals surface area (Å²) in [4.78, 5) is 7.52. The van der Waals surface area contributed by atoms with Gasteiger partial charge < -0.3 is 15.0 Å². The first kappa shape index (κ1) is 15.1. The Hall–Kier alpha value is -0.870. The molecule has 2 rings (SSSR count). The highest BCUT2D eigenvalue weighted by molar-refractivity contribution is 5.04. The Morgan fingerprint density at radius 2 is 2.00 bits per heavy atom. The summed E-state index contributed by atoms with van der Waals surface area (Å²) in [5, 5.41) is 3.39. The van der Waals surface area contributed by atoms with Crippen molar-refractivity contribution in [2.45, 2.75) is 39.7 Å². The lowest BCUT2D eigenvalue weighted by Crippen LogP contribution is -2.14. The summed E-state index contributed by atoms with van der Waals surface area (Å²) in [6.45, 7) is 7.16. The van der Waals surface area contributed by atoms with E-state index >= 15 is 0 Å². The average Bonchev–Trinajstić information content (AvgIpc) is 2.92. The molecule has 0 bridgehead atoms. The number of hydrogen-bond donors (Lipinski definition) is 2. The fourth-order valence-electron chi connectivity index (χ4n) is 1.53. The predicted molar refractivity (Wildman–Crippen MR) is 67.6 cm³/mol. The third-order valence-corrected chi connectivity index (χ3v) is 2.11. The summed E-state index contributed by atoms with van der Waals surface area (Å²) >= 11 is 0. The van der Waals surface area contributed by atoms with E-state index < -0.39 is 0 Å². The van der Waals surface area contributed by atoms with Crippen molar-refractivity contribution in [3.8, 4) is 0 Å². The van der Waals surface area contributed by atoms with Gasteiger partial charge in [-0.05, 0) is 26.3 Å². The number of aryl methyl sites for hydroxylation is 1. The van der Waals surface area contributed by atoms with Crippen molar-refractivity contribution in [1.29, 1.82) is 0 Å². The van der Waals surface area contributed by atoms with Gasteiger partial charge in [-0.3, -0.25) is 0 Å². The third-order valence-electron chi connectivity index (χ3n) is 2.11. The van der Waals surface area contributed by atoms with Crippen LogP contribution in [0.1, 0.15) is 44.2 Å². The second-order valence-corrected chi connectivity index (χ2v) is 3.51. The SMILES string of the molecule is CC.COC.Cc1cnc(C2CCCN2)[nH]1. The lowest BCUT2D eigenvalue weighted by molar-refractivity contribution is 0.277. The van der Waals surface area contributed by atoms with E-state index in [1.165, 1.54) is 12.8 Å². The molecule has 1 aliphatic rings. The molecule has 1 atom stereocenters. The van der Waals surface area contributed by atoms with Crippen LogP contribution in [0, 0.1) is 6.92 Å². The standard InChI is InChI=1S/C8H13N3.C2H6O.C2H6/c1-6-5-10-8(11-6)7-3-2-4-9-7;1-3-2;1-2/h5,7,9H,2-4H2,1H3,(H,10,11);1-2H3;1-2H3. The van der Waals surface area contributed by atoms with Crippen molar-refractivity contribution in [3.63, 3.8) is 0 Å². The van der Waals surface area contributed by atoms with Gasteiger partial charge in [-0.25, -0.2) is 4.98 Å². The van der Waals surface area contributed by atoms with E-state index in [-0.39, 0.29) is 0 Å². The van der Waals surface area contributed by atoms with Crippen molar-refractivity contribution in [2.24, 2.45) is 0 Å². The Morgan fingerprint density at radius 3 is 2.38 bits per heavy atom. The first-order valence-corrected chi connectivity index (χ1v) is 5.93. The zero-order valence-electron chi connectivity index (χ0n) is 11.1. The molecule has 4 nitrogen and oxygen atoms in total. The molecular weight excluding hydrogens is 202 g/mol. The van der Waals surface area contributed by atoms with Gasteiger partial charge in [0.05, 0.1) is 6.04 Å². The zero-order valence-corrected chi connectivity index (χ0v) is 11.1. The maximum absolute atomic E-state index is 4.28. The molecule has 1 unspecified atom stereocenters. The van der Waals surface area contributed by atoms with Crippen LogP contribution in [0.5, 0.6) is 0 Å². The summed E-state index contributed by atoms with van der Waals surface area (Å²) in [6, 6.07) is 0.476. The van der Waals surface area contributed by atoms with E-state index in [4.69, 9.17) is 0 Å². The predicted octanol–water partition coefficient (Wildman–Crippen LogP) is 2.43. The third kappa shape index (κ3) is 5.28. The van der Waals surface area contributed by atoms with Gasteiger partial charge in [0, 0.05) is 26.1 Å². The highest BCUT2D eigenvalue weighted by Crippen LogP contribution is 2.19. The minimum Gasteiger partial charge on any atom is -0.388 e. The van der Waals surface area contributed by atoms with Crippen LogP contribution >= 0.6 is 0 Å². The maximum atomic E-state index is 4.28. The molecule has 0 spiro atoms. The molecular formula is C12H25N3O. The average molecular weight is 227 g/mol. The Kier molecular flexibility index (Phi) is 8.85. The summed E-state index contributed by atoms with van der Waals surface area (Å²) in [7, 11) is 3.25. The number of rotatable bonds is 1. The second kappa shape index (κ2) is 9.36. The minimum absolute atomic E-state index is 0.476. The van der Waals surface area contributed by atoms with Gasteiger partial charge >= 0.3 is 0 Å². The van der Waals surface area contributed by atoms with Gasteiger partial charge in [-0.1, -0.05) is 13.8 Å². The van der Waals surface area contributed by atoms with Crippen LogP contribution in [-0.4, -0.2) is 30.7 Å². The summed E-state index contributed by atoms with van der Waals surface area (Å²) in [6.07, 6.45) is 4.37. The van der Waals surface area contributed by atoms with E-state index in [2.05, 4.69) is 20.0 Å². The minimum atomic E-state index is 0.476. The molecule has 1 fully saturated rings. The van der Waals surface area contributed by atoms with Crippen LogP contribution < -0.4 is 5.32 Å². The maximum Gasteiger partial charge on any atom is 0.123 e. The summed E-state index contributed by atoms with van der Waals surface area (Å²) in [5.41, 5.74) is 1.15. The molecule has 94 valence electrons. The van der Waals surface area contributed by atoms with Crippen molar-refractivity contribution in [2.75, 3.05) is 20.8 Å². The van der Waals surface area contributed by atoms with E-state index in [0.29, 0.717) is 6.04 Å². The fourth-order valence-corrected chi connectivity index (χ4v) is 1.53. The Morgan fingerprint density at radius 1 is 1.38 bits per heavy atom. The molecule has 1 aromatic rings. The van der Waals surface area contributed by atoms with Crippen molar-refractivity contribution in [1.82, 2.24) is 15.3 Å². The number of aromatic amines is 1. The zero-order chi connectivity index (χ0) is 12.4. The number of hydrogen-bond acceptors (Lipinski definition) is 3. The smallest absolute Gasteiger partial charge is 0.123 e. The summed E-state index contributed by atoms with van der Waals surface area (Å²) in [5.74, 6) is 1.10. The Labute approximate surface area is 98.8 Å². The van der Waals surface area contributed by atoms with E-state index in [9.17, 15) is 0 Å². The van der Waals surface area contributed by atoms with Crippen molar-refractivity contribution >= 4 is 0 Å². The number of nitrogens with zero attached hydrogens (tertiary/aromatic N) is 1. The van der Waals surface area contributed by atoms with Gasteiger partial charge in [-0.2, -0.15) is 0 Å². The fraction of sp³-hybridized carbons (Fsp3) is 0.750. The molecule has 0 saturated carbocycles. The lowest BCUT2D eigenvalue weighted by Gasteiger charge is -2.04. The highest BCUT2D eigenvalue weighted by Gasteiger charge is 2.17. The van der Waals surface area contributed by atoms with Gasteiger partial charge in [-0.15, -0.1) is 0 Å². The van der Waals surface area contributed by atoms with E-state index in [0.717, 1.165) is 18.1 Å².